The molecule has 180 valence electrons. The van der Waals surface area contributed by atoms with Gasteiger partial charge >= 0.3 is 6.03 Å². The Morgan fingerprint density at radius 3 is 2.26 bits per heavy atom. The molecule has 4 rings (SSSR count). The lowest BCUT2D eigenvalue weighted by molar-refractivity contribution is 0.181. The highest BCUT2D eigenvalue weighted by Gasteiger charge is 2.46. The molecule has 1 saturated heterocycles. The first kappa shape index (κ1) is 24.0. The summed E-state index contributed by atoms with van der Waals surface area (Å²) < 4.78 is 56.1. The van der Waals surface area contributed by atoms with E-state index in [1.165, 1.54) is 17.9 Å². The van der Waals surface area contributed by atoms with Crippen molar-refractivity contribution in [1.29, 1.82) is 0 Å². The van der Waals surface area contributed by atoms with E-state index in [-0.39, 0.29) is 28.1 Å². The zero-order valence-corrected chi connectivity index (χ0v) is 20.8. The lowest BCUT2D eigenvalue weighted by Crippen LogP contribution is -2.39. The molecule has 1 aromatic heterocycles. The number of sulfone groups is 1. The minimum Gasteiger partial charge on any atom is -0.360 e. The maximum atomic E-state index is 13.2. The van der Waals surface area contributed by atoms with E-state index in [2.05, 4.69) is 5.16 Å². The fraction of sp³-hybridized carbons (Fsp3) is 0.304. The number of benzene rings is 2. The Bertz CT molecular complexity index is 1460. The zero-order chi connectivity index (χ0) is 24.8. The molecule has 0 spiro atoms. The molecule has 2 heterocycles. The number of sulfonamides is 1. The number of rotatable bonds is 6. The van der Waals surface area contributed by atoms with Gasteiger partial charge < -0.3 is 9.42 Å². The van der Waals surface area contributed by atoms with Crippen LogP contribution in [0.25, 0.3) is 11.1 Å². The molecule has 11 heteroatoms. The minimum atomic E-state index is -4.15. The lowest BCUT2D eigenvalue weighted by atomic mass is 9.99. The summed E-state index contributed by atoms with van der Waals surface area (Å²) >= 11 is 0. The molecule has 0 aliphatic carbocycles. The van der Waals surface area contributed by atoms with Gasteiger partial charge in [0.05, 0.1) is 23.7 Å². The first-order valence-corrected chi connectivity index (χ1v) is 13.9. The molecule has 1 unspecified atom stereocenters. The number of nitrogens with zero attached hydrogens (tertiary/aromatic N) is 3. The van der Waals surface area contributed by atoms with Gasteiger partial charge in [0.25, 0.3) is 10.0 Å². The number of hydrogen-bond donors (Lipinski definition) is 0. The van der Waals surface area contributed by atoms with Crippen molar-refractivity contribution in [1.82, 2.24) is 14.4 Å². The highest BCUT2D eigenvalue weighted by atomic mass is 32.2. The first-order chi connectivity index (χ1) is 15.9. The Morgan fingerprint density at radius 2 is 1.68 bits per heavy atom. The van der Waals surface area contributed by atoms with Crippen molar-refractivity contribution in [3.05, 3.63) is 66.1 Å². The SMILES string of the molecule is Cc1oncc1S(=O)(=O)N1CC(c2cccc(-c3cccc(S(C)(=O)=O)c3)c2)N(C(C)C)C1=O. The summed E-state index contributed by atoms with van der Waals surface area (Å²) in [5.41, 5.74) is 2.20. The molecule has 0 N–H and O–H groups in total. The maximum Gasteiger partial charge on any atom is 0.334 e. The van der Waals surface area contributed by atoms with Gasteiger partial charge in [-0.1, -0.05) is 35.5 Å². The quantitative estimate of drug-likeness (QED) is 0.504. The molecule has 3 aromatic rings. The van der Waals surface area contributed by atoms with Gasteiger partial charge in [0.2, 0.25) is 0 Å². The largest absolute Gasteiger partial charge is 0.360 e. The fourth-order valence-corrected chi connectivity index (χ4v) is 6.24. The molecule has 9 nitrogen and oxygen atoms in total. The van der Waals surface area contributed by atoms with Crippen molar-refractivity contribution < 1.29 is 26.2 Å². The van der Waals surface area contributed by atoms with Crippen LogP contribution in [0.3, 0.4) is 0 Å². The average Bonchev–Trinajstić information content (AvgIpc) is 3.37. The van der Waals surface area contributed by atoms with Crippen LogP contribution in [0.15, 0.2) is 69.0 Å². The number of hydrogen-bond acceptors (Lipinski definition) is 7. The molecule has 2 aromatic carbocycles. The van der Waals surface area contributed by atoms with E-state index in [1.807, 2.05) is 38.1 Å². The summed E-state index contributed by atoms with van der Waals surface area (Å²) in [6, 6.07) is 12.5. The van der Waals surface area contributed by atoms with Crippen LogP contribution in [0.4, 0.5) is 4.79 Å². The second kappa shape index (κ2) is 8.55. The van der Waals surface area contributed by atoms with Gasteiger partial charge in [-0.05, 0) is 55.7 Å². The van der Waals surface area contributed by atoms with Crippen molar-refractivity contribution in [3.8, 4) is 11.1 Å². The van der Waals surface area contributed by atoms with Gasteiger partial charge in [-0.25, -0.2) is 25.9 Å². The van der Waals surface area contributed by atoms with Crippen LogP contribution in [0.2, 0.25) is 0 Å². The van der Waals surface area contributed by atoms with Gasteiger partial charge in [0, 0.05) is 12.3 Å². The molecular weight excluding hydrogens is 478 g/mol. The van der Waals surface area contributed by atoms with E-state index in [4.69, 9.17) is 4.52 Å². The summed E-state index contributed by atoms with van der Waals surface area (Å²) in [4.78, 5) is 14.8. The van der Waals surface area contributed by atoms with Crippen LogP contribution in [0, 0.1) is 6.92 Å². The van der Waals surface area contributed by atoms with Crippen molar-refractivity contribution in [2.45, 2.75) is 42.6 Å². The summed E-state index contributed by atoms with van der Waals surface area (Å²) in [5, 5.41) is 3.54. The first-order valence-electron chi connectivity index (χ1n) is 10.6. The summed E-state index contributed by atoms with van der Waals surface area (Å²) in [7, 11) is -7.52. The monoisotopic (exact) mass is 503 g/mol. The van der Waals surface area contributed by atoms with E-state index >= 15 is 0 Å². The molecule has 1 fully saturated rings. The molecule has 1 atom stereocenters. The van der Waals surface area contributed by atoms with Gasteiger partial charge in [0.1, 0.15) is 4.90 Å². The number of amides is 2. The fourth-order valence-electron chi connectivity index (χ4n) is 4.12. The van der Waals surface area contributed by atoms with Crippen LogP contribution in [0.1, 0.15) is 31.2 Å². The molecule has 0 bridgehead atoms. The predicted octanol–water partition coefficient (Wildman–Crippen LogP) is 3.63. The van der Waals surface area contributed by atoms with Crippen LogP contribution in [-0.2, 0) is 19.9 Å². The summed E-state index contributed by atoms with van der Waals surface area (Å²) in [6.07, 6.45) is 2.25. The third-order valence-corrected chi connectivity index (χ3v) is 8.75. The van der Waals surface area contributed by atoms with E-state index in [0.717, 1.165) is 27.9 Å². The standard InChI is InChI=1S/C23H25N3O6S2/c1-15(2)26-21(14-25(23(26)27)34(30,31)22-13-24-32-16(22)3)19-9-5-7-17(11-19)18-8-6-10-20(12-18)33(4,28)29/h5-13,15,21H,14H2,1-4H3. The van der Waals surface area contributed by atoms with E-state index in [0.29, 0.717) is 5.56 Å². The van der Waals surface area contributed by atoms with E-state index in [9.17, 15) is 21.6 Å². The van der Waals surface area contributed by atoms with E-state index < -0.39 is 31.9 Å². The van der Waals surface area contributed by atoms with Crippen molar-refractivity contribution in [2.75, 3.05) is 12.8 Å². The highest BCUT2D eigenvalue weighted by molar-refractivity contribution is 7.90. The molecule has 1 aliphatic rings. The molecule has 0 saturated carbocycles. The van der Waals surface area contributed by atoms with Crippen LogP contribution in [0.5, 0.6) is 0 Å². The molecule has 1 aliphatic heterocycles. The smallest absolute Gasteiger partial charge is 0.334 e. The van der Waals surface area contributed by atoms with Gasteiger partial charge in [-0.3, -0.25) is 0 Å². The number of carbonyl (C=O) groups is 1. The second-order valence-corrected chi connectivity index (χ2v) is 12.4. The normalized spacial score (nSPS) is 17.1. The predicted molar refractivity (Wildman–Crippen MR) is 125 cm³/mol. The van der Waals surface area contributed by atoms with E-state index in [1.54, 1.807) is 18.2 Å². The number of aromatic nitrogens is 1. The Balaban J connectivity index is 1.74. The molecule has 2 amide bonds. The Morgan fingerprint density at radius 1 is 1.03 bits per heavy atom. The average molecular weight is 504 g/mol. The molecular formula is C23H25N3O6S2. The number of carbonyl (C=O) groups excluding carboxylic acids is 1. The maximum absolute atomic E-state index is 13.2. The van der Waals surface area contributed by atoms with Crippen LogP contribution in [-0.4, -0.2) is 56.1 Å². The summed E-state index contributed by atoms with van der Waals surface area (Å²) in [5.74, 6) is 0.111. The van der Waals surface area contributed by atoms with Gasteiger partial charge in [-0.2, -0.15) is 0 Å². The third-order valence-electron chi connectivity index (χ3n) is 5.81. The number of aryl methyl sites for hydroxylation is 1. The van der Waals surface area contributed by atoms with Crippen molar-refractivity contribution in [3.63, 3.8) is 0 Å². The Labute approximate surface area is 198 Å². The lowest BCUT2D eigenvalue weighted by Gasteiger charge is -2.27. The minimum absolute atomic E-state index is 0.0726. The third kappa shape index (κ3) is 4.21. The van der Waals surface area contributed by atoms with Gasteiger partial charge in [-0.15, -0.1) is 0 Å². The Hall–Kier alpha value is -3.18. The number of urea groups is 1. The molecule has 0 radical (unpaired) electrons. The van der Waals surface area contributed by atoms with Crippen molar-refractivity contribution in [2.24, 2.45) is 0 Å². The summed E-state index contributed by atoms with van der Waals surface area (Å²) in [6.45, 7) is 5.05. The zero-order valence-electron chi connectivity index (χ0n) is 19.2. The highest BCUT2D eigenvalue weighted by Crippen LogP contribution is 2.37. The van der Waals surface area contributed by atoms with Crippen molar-refractivity contribution >= 4 is 25.9 Å². The topological polar surface area (TPSA) is 118 Å². The Kier molecular flexibility index (Phi) is 6.03. The molecule has 34 heavy (non-hydrogen) atoms. The van der Waals surface area contributed by atoms with Gasteiger partial charge in [0.15, 0.2) is 15.6 Å². The van der Waals surface area contributed by atoms with Crippen LogP contribution < -0.4 is 0 Å². The van der Waals surface area contributed by atoms with Crippen LogP contribution >= 0.6 is 0 Å². The second-order valence-electron chi connectivity index (χ2n) is 8.51.